The molecule has 1 aromatic carbocycles. The summed E-state index contributed by atoms with van der Waals surface area (Å²) < 4.78 is 16.3. The molecule has 0 aliphatic rings. The molecule has 2 aromatic heterocycles. The van der Waals surface area contributed by atoms with E-state index >= 15 is 0 Å². The van der Waals surface area contributed by atoms with Crippen molar-refractivity contribution in [3.8, 4) is 5.69 Å². The molecule has 0 atom stereocenters. The molecule has 0 amide bonds. The van der Waals surface area contributed by atoms with Gasteiger partial charge in [-0.3, -0.25) is 4.99 Å². The molecule has 3 rings (SSSR count). The third-order valence-electron chi connectivity index (χ3n) is 4.40. The van der Waals surface area contributed by atoms with Crippen LogP contribution < -0.4 is 5.32 Å². The first kappa shape index (κ1) is 19.1. The third-order valence-corrected chi connectivity index (χ3v) is 5.33. The van der Waals surface area contributed by atoms with Gasteiger partial charge < -0.3 is 14.8 Å². The molecule has 0 radical (unpaired) electrons. The number of aromatic nitrogens is 2. The number of aryl methyl sites for hydroxylation is 1. The fourth-order valence-electron chi connectivity index (χ4n) is 2.89. The molecule has 0 unspecified atom stereocenters. The SMILES string of the molecule is CN=C(NCc1ccc(-n2ccnc2C)c(F)c1)N(C)CCc1cccs1. The molecule has 27 heavy (non-hydrogen) atoms. The van der Waals surface area contributed by atoms with Gasteiger partial charge in [0.25, 0.3) is 0 Å². The predicted octanol–water partition coefficient (Wildman–Crippen LogP) is 3.63. The van der Waals surface area contributed by atoms with Gasteiger partial charge >= 0.3 is 0 Å². The molecule has 0 aliphatic heterocycles. The summed E-state index contributed by atoms with van der Waals surface area (Å²) in [5.41, 5.74) is 1.37. The maximum Gasteiger partial charge on any atom is 0.193 e. The number of hydrogen-bond donors (Lipinski definition) is 1. The molecule has 2 heterocycles. The first-order valence-corrected chi connectivity index (χ1v) is 9.69. The summed E-state index contributed by atoms with van der Waals surface area (Å²) in [6, 6.07) is 9.46. The number of nitrogens with zero attached hydrogens (tertiary/aromatic N) is 4. The van der Waals surface area contributed by atoms with E-state index in [9.17, 15) is 4.39 Å². The number of likely N-dealkylation sites (N-methyl/N-ethyl adjacent to an activating group) is 1. The van der Waals surface area contributed by atoms with Crippen LogP contribution in [-0.4, -0.2) is 41.1 Å². The fourth-order valence-corrected chi connectivity index (χ4v) is 3.59. The number of thiophene rings is 1. The summed E-state index contributed by atoms with van der Waals surface area (Å²) >= 11 is 1.76. The van der Waals surface area contributed by atoms with Gasteiger partial charge in [0.2, 0.25) is 0 Å². The average Bonchev–Trinajstić information content (AvgIpc) is 3.32. The van der Waals surface area contributed by atoms with Crippen molar-refractivity contribution in [3.05, 3.63) is 70.2 Å². The average molecular weight is 386 g/mol. The van der Waals surface area contributed by atoms with Crippen molar-refractivity contribution < 1.29 is 4.39 Å². The number of nitrogens with one attached hydrogen (secondary N) is 1. The predicted molar refractivity (Wildman–Crippen MR) is 109 cm³/mol. The Labute approximate surface area is 163 Å². The molecule has 0 saturated heterocycles. The van der Waals surface area contributed by atoms with Gasteiger partial charge in [0, 0.05) is 44.5 Å². The van der Waals surface area contributed by atoms with E-state index in [1.165, 1.54) is 4.88 Å². The first-order valence-electron chi connectivity index (χ1n) is 8.81. The lowest BCUT2D eigenvalue weighted by molar-refractivity contribution is 0.486. The molecule has 0 saturated carbocycles. The normalized spacial score (nSPS) is 11.6. The molecule has 3 aromatic rings. The second-order valence-corrected chi connectivity index (χ2v) is 7.31. The summed E-state index contributed by atoms with van der Waals surface area (Å²) in [4.78, 5) is 11.9. The lowest BCUT2D eigenvalue weighted by Crippen LogP contribution is -2.39. The number of rotatable bonds is 6. The maximum atomic E-state index is 14.5. The molecular weight excluding hydrogens is 361 g/mol. The van der Waals surface area contributed by atoms with Gasteiger partial charge in [-0.1, -0.05) is 12.1 Å². The lowest BCUT2D eigenvalue weighted by Gasteiger charge is -2.22. The maximum absolute atomic E-state index is 14.5. The Morgan fingerprint density at radius 3 is 2.85 bits per heavy atom. The molecule has 0 spiro atoms. The Kier molecular flexibility index (Phi) is 6.24. The van der Waals surface area contributed by atoms with Crippen LogP contribution in [0.1, 0.15) is 16.3 Å². The van der Waals surface area contributed by atoms with Crippen LogP contribution in [0.4, 0.5) is 4.39 Å². The van der Waals surface area contributed by atoms with E-state index in [0.717, 1.165) is 30.3 Å². The molecule has 0 bridgehead atoms. The third kappa shape index (κ3) is 4.74. The molecule has 142 valence electrons. The molecule has 1 N–H and O–H groups in total. The van der Waals surface area contributed by atoms with Crippen molar-refractivity contribution in [1.29, 1.82) is 0 Å². The monoisotopic (exact) mass is 385 g/mol. The molecule has 0 fully saturated rings. The van der Waals surface area contributed by atoms with Gasteiger partial charge in [0.1, 0.15) is 11.6 Å². The highest BCUT2D eigenvalue weighted by molar-refractivity contribution is 7.09. The van der Waals surface area contributed by atoms with E-state index in [1.54, 1.807) is 47.5 Å². The summed E-state index contributed by atoms with van der Waals surface area (Å²) in [5.74, 6) is 1.28. The van der Waals surface area contributed by atoms with E-state index < -0.39 is 0 Å². The smallest absolute Gasteiger partial charge is 0.193 e. The summed E-state index contributed by atoms with van der Waals surface area (Å²) in [6.07, 6.45) is 4.40. The van der Waals surface area contributed by atoms with Gasteiger partial charge in [-0.25, -0.2) is 9.37 Å². The van der Waals surface area contributed by atoms with E-state index in [0.29, 0.717) is 12.2 Å². The van der Waals surface area contributed by atoms with Crippen molar-refractivity contribution >= 4 is 17.3 Å². The first-order chi connectivity index (χ1) is 13.1. The number of aliphatic imine (C=N–C) groups is 1. The van der Waals surface area contributed by atoms with Crippen LogP contribution in [0.3, 0.4) is 0 Å². The van der Waals surface area contributed by atoms with Crippen LogP contribution in [0.5, 0.6) is 0 Å². The number of guanidine groups is 1. The van der Waals surface area contributed by atoms with Crippen LogP contribution in [0.15, 0.2) is 53.1 Å². The van der Waals surface area contributed by atoms with Crippen molar-refractivity contribution in [1.82, 2.24) is 19.8 Å². The van der Waals surface area contributed by atoms with Crippen molar-refractivity contribution in [2.75, 3.05) is 20.6 Å². The highest BCUT2D eigenvalue weighted by Crippen LogP contribution is 2.17. The zero-order valence-electron chi connectivity index (χ0n) is 15.8. The molecule has 7 heteroatoms. The standard InChI is InChI=1S/C20H24FN5S/c1-15-23-9-11-26(15)19-7-6-16(13-18(19)21)14-24-20(22-2)25(3)10-8-17-5-4-12-27-17/h4-7,9,11-13H,8,10,14H2,1-3H3,(H,22,24). The Hall–Kier alpha value is -2.67. The Bertz CT molecular complexity index is 901. The molecular formula is C20H24FN5S. The van der Waals surface area contributed by atoms with Crippen LogP contribution in [0.2, 0.25) is 0 Å². The van der Waals surface area contributed by atoms with Crippen LogP contribution in [0, 0.1) is 12.7 Å². The van der Waals surface area contributed by atoms with E-state index in [-0.39, 0.29) is 5.82 Å². The topological polar surface area (TPSA) is 45.5 Å². The Morgan fingerprint density at radius 2 is 2.22 bits per heavy atom. The number of benzene rings is 1. The number of halogens is 1. The van der Waals surface area contributed by atoms with Crippen molar-refractivity contribution in [2.45, 2.75) is 19.9 Å². The highest BCUT2D eigenvalue weighted by atomic mass is 32.1. The summed E-state index contributed by atoms with van der Waals surface area (Å²) in [5, 5.41) is 5.39. The van der Waals surface area contributed by atoms with Gasteiger partial charge in [0.05, 0.1) is 5.69 Å². The van der Waals surface area contributed by atoms with Crippen LogP contribution in [-0.2, 0) is 13.0 Å². The lowest BCUT2D eigenvalue weighted by atomic mass is 10.2. The van der Waals surface area contributed by atoms with Gasteiger partial charge in [-0.2, -0.15) is 0 Å². The van der Waals surface area contributed by atoms with E-state index in [2.05, 4.69) is 37.7 Å². The van der Waals surface area contributed by atoms with E-state index in [1.807, 2.05) is 20.0 Å². The van der Waals surface area contributed by atoms with Gasteiger partial charge in [0.15, 0.2) is 5.96 Å². The molecule has 0 aliphatic carbocycles. The van der Waals surface area contributed by atoms with Crippen LogP contribution >= 0.6 is 11.3 Å². The minimum absolute atomic E-state index is 0.267. The molecule has 5 nitrogen and oxygen atoms in total. The fraction of sp³-hybridized carbons (Fsp3) is 0.300. The number of hydrogen-bond acceptors (Lipinski definition) is 3. The van der Waals surface area contributed by atoms with E-state index in [4.69, 9.17) is 0 Å². The highest BCUT2D eigenvalue weighted by Gasteiger charge is 2.10. The van der Waals surface area contributed by atoms with Crippen molar-refractivity contribution in [3.63, 3.8) is 0 Å². The number of imidazole rings is 1. The van der Waals surface area contributed by atoms with Gasteiger partial charge in [-0.15, -0.1) is 11.3 Å². The second kappa shape index (κ2) is 8.81. The summed E-state index contributed by atoms with van der Waals surface area (Å²) in [7, 11) is 3.77. The second-order valence-electron chi connectivity index (χ2n) is 6.28. The Morgan fingerprint density at radius 1 is 1.37 bits per heavy atom. The summed E-state index contributed by atoms with van der Waals surface area (Å²) in [6.45, 7) is 3.23. The zero-order valence-corrected chi connectivity index (χ0v) is 16.6. The quantitative estimate of drug-likeness (QED) is 0.521. The Balaban J connectivity index is 1.59. The minimum Gasteiger partial charge on any atom is -0.352 e. The zero-order chi connectivity index (χ0) is 19.2. The van der Waals surface area contributed by atoms with Crippen LogP contribution in [0.25, 0.3) is 5.69 Å². The van der Waals surface area contributed by atoms with Crippen molar-refractivity contribution in [2.24, 2.45) is 4.99 Å². The largest absolute Gasteiger partial charge is 0.352 e. The van der Waals surface area contributed by atoms with Gasteiger partial charge in [-0.05, 0) is 42.5 Å². The minimum atomic E-state index is -0.267.